The molecule has 2 rings (SSSR count). The number of para-hydroxylation sites is 2. The summed E-state index contributed by atoms with van der Waals surface area (Å²) in [4.78, 5) is 11.8. The second-order valence-corrected chi connectivity index (χ2v) is 4.32. The summed E-state index contributed by atoms with van der Waals surface area (Å²) in [6.07, 6.45) is 0.299. The van der Waals surface area contributed by atoms with Crippen LogP contribution in [0.25, 0.3) is 0 Å². The molecule has 0 bridgehead atoms. The molecular formula is C16H18N2O2. The number of rotatable bonds is 6. The molecule has 0 aliphatic rings. The third kappa shape index (κ3) is 4.10. The average Bonchev–Trinajstić information content (AvgIpc) is 2.49. The highest BCUT2D eigenvalue weighted by molar-refractivity contribution is 5.91. The van der Waals surface area contributed by atoms with Gasteiger partial charge in [-0.3, -0.25) is 4.79 Å². The van der Waals surface area contributed by atoms with Crippen molar-refractivity contribution in [2.24, 2.45) is 5.73 Å². The van der Waals surface area contributed by atoms with E-state index in [0.717, 1.165) is 17.0 Å². The van der Waals surface area contributed by atoms with E-state index in [4.69, 9.17) is 10.5 Å². The van der Waals surface area contributed by atoms with Gasteiger partial charge < -0.3 is 15.8 Å². The number of carbonyl (C=O) groups excluding carboxylic acids is 1. The summed E-state index contributed by atoms with van der Waals surface area (Å²) in [7, 11) is 0. The molecule has 0 aliphatic carbocycles. The van der Waals surface area contributed by atoms with Crippen molar-refractivity contribution >= 4 is 11.6 Å². The minimum Gasteiger partial charge on any atom is -0.493 e. The van der Waals surface area contributed by atoms with Crippen LogP contribution in [0.3, 0.4) is 0 Å². The van der Waals surface area contributed by atoms with Gasteiger partial charge in [-0.15, -0.1) is 0 Å². The van der Waals surface area contributed by atoms with Crippen LogP contribution in [0.2, 0.25) is 0 Å². The van der Waals surface area contributed by atoms with E-state index in [1.165, 1.54) is 0 Å². The van der Waals surface area contributed by atoms with Gasteiger partial charge in [0, 0.05) is 12.2 Å². The number of nitrogens with two attached hydrogens (primary N) is 1. The molecule has 0 radical (unpaired) electrons. The predicted molar refractivity (Wildman–Crippen MR) is 79.5 cm³/mol. The summed E-state index contributed by atoms with van der Waals surface area (Å²) in [5.74, 6) is 0.685. The molecular weight excluding hydrogens is 252 g/mol. The lowest BCUT2D eigenvalue weighted by molar-refractivity contribution is -0.116. The monoisotopic (exact) mass is 270 g/mol. The summed E-state index contributed by atoms with van der Waals surface area (Å²) in [5.41, 5.74) is 7.31. The van der Waals surface area contributed by atoms with Gasteiger partial charge in [-0.25, -0.2) is 0 Å². The van der Waals surface area contributed by atoms with Crippen molar-refractivity contribution in [3.8, 4) is 5.75 Å². The Balaban J connectivity index is 1.81. The second-order valence-electron chi connectivity index (χ2n) is 4.32. The van der Waals surface area contributed by atoms with Gasteiger partial charge in [0.15, 0.2) is 0 Å². The topological polar surface area (TPSA) is 64.3 Å². The average molecular weight is 270 g/mol. The number of anilines is 1. The zero-order chi connectivity index (χ0) is 14.2. The first kappa shape index (κ1) is 14.1. The molecule has 4 heteroatoms. The fourth-order valence-electron chi connectivity index (χ4n) is 1.81. The molecule has 0 fully saturated rings. The first-order valence-electron chi connectivity index (χ1n) is 6.55. The molecule has 0 saturated heterocycles. The SMILES string of the molecule is NCc1ccccc1NC(=O)CCOc1ccccc1. The van der Waals surface area contributed by atoms with Crippen molar-refractivity contribution in [1.82, 2.24) is 0 Å². The molecule has 20 heavy (non-hydrogen) atoms. The van der Waals surface area contributed by atoms with E-state index >= 15 is 0 Å². The number of hydrogen-bond donors (Lipinski definition) is 2. The number of hydrogen-bond acceptors (Lipinski definition) is 3. The highest BCUT2D eigenvalue weighted by Crippen LogP contribution is 2.14. The van der Waals surface area contributed by atoms with Crippen LogP contribution < -0.4 is 15.8 Å². The maximum absolute atomic E-state index is 11.8. The van der Waals surface area contributed by atoms with Gasteiger partial charge in [0.05, 0.1) is 13.0 Å². The van der Waals surface area contributed by atoms with Crippen molar-refractivity contribution in [3.63, 3.8) is 0 Å². The molecule has 2 aromatic carbocycles. The van der Waals surface area contributed by atoms with Gasteiger partial charge >= 0.3 is 0 Å². The molecule has 0 aromatic heterocycles. The molecule has 0 unspecified atom stereocenters. The van der Waals surface area contributed by atoms with Gasteiger partial charge in [0.1, 0.15) is 5.75 Å². The highest BCUT2D eigenvalue weighted by Gasteiger charge is 2.05. The lowest BCUT2D eigenvalue weighted by Gasteiger charge is -2.10. The summed E-state index contributed by atoms with van der Waals surface area (Å²) in [6, 6.07) is 17.0. The Kier molecular flexibility index (Phi) is 5.15. The standard InChI is InChI=1S/C16H18N2O2/c17-12-13-6-4-5-9-15(13)18-16(19)10-11-20-14-7-2-1-3-8-14/h1-9H,10-12,17H2,(H,18,19). The van der Waals surface area contributed by atoms with Crippen LogP contribution in [0, 0.1) is 0 Å². The zero-order valence-corrected chi connectivity index (χ0v) is 11.2. The van der Waals surface area contributed by atoms with Crippen LogP contribution in [0.5, 0.6) is 5.75 Å². The van der Waals surface area contributed by atoms with Gasteiger partial charge in [0.25, 0.3) is 0 Å². The van der Waals surface area contributed by atoms with Gasteiger partial charge in [-0.2, -0.15) is 0 Å². The van der Waals surface area contributed by atoms with E-state index in [1.54, 1.807) is 0 Å². The fourth-order valence-corrected chi connectivity index (χ4v) is 1.81. The Hall–Kier alpha value is -2.33. The van der Waals surface area contributed by atoms with Crippen LogP contribution in [-0.4, -0.2) is 12.5 Å². The fraction of sp³-hybridized carbons (Fsp3) is 0.188. The smallest absolute Gasteiger partial charge is 0.227 e. The van der Waals surface area contributed by atoms with E-state index in [9.17, 15) is 4.79 Å². The van der Waals surface area contributed by atoms with Crippen molar-refractivity contribution in [2.45, 2.75) is 13.0 Å². The van der Waals surface area contributed by atoms with Gasteiger partial charge in [-0.05, 0) is 23.8 Å². The van der Waals surface area contributed by atoms with Crippen molar-refractivity contribution in [1.29, 1.82) is 0 Å². The lowest BCUT2D eigenvalue weighted by Crippen LogP contribution is -2.16. The Morgan fingerprint density at radius 3 is 2.50 bits per heavy atom. The number of nitrogens with one attached hydrogen (secondary N) is 1. The second kappa shape index (κ2) is 7.31. The Bertz CT molecular complexity index is 555. The van der Waals surface area contributed by atoms with Crippen LogP contribution in [-0.2, 0) is 11.3 Å². The minimum atomic E-state index is -0.0816. The maximum atomic E-state index is 11.8. The lowest BCUT2D eigenvalue weighted by atomic mass is 10.2. The number of ether oxygens (including phenoxy) is 1. The van der Waals surface area contributed by atoms with E-state index < -0.39 is 0 Å². The molecule has 0 heterocycles. The van der Waals surface area contributed by atoms with E-state index in [0.29, 0.717) is 19.6 Å². The largest absolute Gasteiger partial charge is 0.493 e. The van der Waals surface area contributed by atoms with E-state index in [-0.39, 0.29) is 5.91 Å². The van der Waals surface area contributed by atoms with Gasteiger partial charge in [0.2, 0.25) is 5.91 Å². The zero-order valence-electron chi connectivity index (χ0n) is 11.2. The molecule has 3 N–H and O–H groups in total. The van der Waals surface area contributed by atoms with Crippen LogP contribution >= 0.6 is 0 Å². The summed E-state index contributed by atoms with van der Waals surface area (Å²) in [6.45, 7) is 0.748. The molecule has 4 nitrogen and oxygen atoms in total. The molecule has 0 saturated carbocycles. The summed E-state index contributed by atoms with van der Waals surface area (Å²) < 4.78 is 5.49. The Labute approximate surface area is 118 Å². The van der Waals surface area contributed by atoms with Crippen molar-refractivity contribution in [2.75, 3.05) is 11.9 Å². The molecule has 0 aliphatic heterocycles. The van der Waals surface area contributed by atoms with Crippen molar-refractivity contribution in [3.05, 3.63) is 60.2 Å². The molecule has 0 atom stereocenters. The first-order chi connectivity index (χ1) is 9.79. The van der Waals surface area contributed by atoms with Crippen LogP contribution in [0.1, 0.15) is 12.0 Å². The molecule has 104 valence electrons. The quantitative estimate of drug-likeness (QED) is 0.848. The summed E-state index contributed by atoms with van der Waals surface area (Å²) >= 11 is 0. The third-order valence-electron chi connectivity index (χ3n) is 2.85. The van der Waals surface area contributed by atoms with Crippen LogP contribution in [0.4, 0.5) is 5.69 Å². The van der Waals surface area contributed by atoms with E-state index in [2.05, 4.69) is 5.32 Å². The summed E-state index contributed by atoms with van der Waals surface area (Å²) in [5, 5.41) is 2.85. The van der Waals surface area contributed by atoms with Crippen molar-refractivity contribution < 1.29 is 9.53 Å². The number of amides is 1. The first-order valence-corrected chi connectivity index (χ1v) is 6.55. The third-order valence-corrected chi connectivity index (χ3v) is 2.85. The minimum absolute atomic E-state index is 0.0816. The predicted octanol–water partition coefficient (Wildman–Crippen LogP) is 2.55. The number of benzene rings is 2. The normalized spacial score (nSPS) is 10.1. The number of carbonyl (C=O) groups is 1. The molecule has 1 amide bonds. The molecule has 0 spiro atoms. The van der Waals surface area contributed by atoms with E-state index in [1.807, 2.05) is 54.6 Å². The van der Waals surface area contributed by atoms with Crippen LogP contribution in [0.15, 0.2) is 54.6 Å². The highest BCUT2D eigenvalue weighted by atomic mass is 16.5. The Morgan fingerprint density at radius 1 is 1.05 bits per heavy atom. The molecule has 2 aromatic rings. The van der Waals surface area contributed by atoms with Gasteiger partial charge in [-0.1, -0.05) is 36.4 Å². The maximum Gasteiger partial charge on any atom is 0.227 e. The Morgan fingerprint density at radius 2 is 1.75 bits per heavy atom.